The number of anilines is 1. The molecule has 2 unspecified atom stereocenters. The first-order valence-electron chi connectivity index (χ1n) is 10.6. The van der Waals surface area contributed by atoms with Gasteiger partial charge < -0.3 is 14.8 Å². The van der Waals surface area contributed by atoms with E-state index in [2.05, 4.69) is 10.3 Å². The van der Waals surface area contributed by atoms with Crippen molar-refractivity contribution in [2.45, 2.75) is 19.0 Å². The van der Waals surface area contributed by atoms with Crippen LogP contribution in [0.2, 0.25) is 0 Å². The number of thiocarbonyl (C=S) groups is 1. The summed E-state index contributed by atoms with van der Waals surface area (Å²) in [6.07, 6.45) is 3.58. The second-order valence-electron chi connectivity index (χ2n) is 8.01. The number of nitrogens with one attached hydrogen (secondary N) is 1. The largest absolute Gasteiger partial charge is 0.351 e. The molecule has 0 aliphatic carbocycles. The molecule has 170 valence electrons. The highest BCUT2D eigenvalue weighted by atomic mass is 32.1. The summed E-state index contributed by atoms with van der Waals surface area (Å²) in [5.74, 6) is -0.292. The fourth-order valence-corrected chi connectivity index (χ4v) is 4.68. The first-order valence-corrected chi connectivity index (χ1v) is 11.0. The minimum atomic E-state index is -0.413. The third-order valence-electron chi connectivity index (χ3n) is 5.92. The van der Waals surface area contributed by atoms with Crippen molar-refractivity contribution in [2.75, 3.05) is 4.90 Å². The summed E-state index contributed by atoms with van der Waals surface area (Å²) in [7, 11) is 0. The van der Waals surface area contributed by atoms with E-state index in [1.165, 1.54) is 18.2 Å². The normalized spacial score (nSPS) is 17.6. The molecule has 1 N–H and O–H groups in total. The lowest BCUT2D eigenvalue weighted by Gasteiger charge is -2.29. The van der Waals surface area contributed by atoms with Gasteiger partial charge in [-0.25, -0.2) is 4.39 Å². The van der Waals surface area contributed by atoms with Crippen molar-refractivity contribution >= 4 is 28.7 Å². The predicted octanol–water partition coefficient (Wildman–Crippen LogP) is 5.41. The molecule has 4 aromatic rings. The zero-order valence-corrected chi connectivity index (χ0v) is 18.9. The monoisotopic (exact) mass is 473 g/mol. The molecule has 7 nitrogen and oxygen atoms in total. The average Bonchev–Trinajstić information content (AvgIpc) is 3.46. The van der Waals surface area contributed by atoms with Gasteiger partial charge in [0.25, 0.3) is 5.69 Å². The van der Waals surface area contributed by atoms with E-state index in [0.29, 0.717) is 16.4 Å². The summed E-state index contributed by atoms with van der Waals surface area (Å²) in [5, 5.41) is 15.2. The van der Waals surface area contributed by atoms with Gasteiger partial charge in [0.15, 0.2) is 5.11 Å². The zero-order chi connectivity index (χ0) is 23.8. The van der Waals surface area contributed by atoms with Crippen LogP contribution >= 0.6 is 12.2 Å². The maximum Gasteiger partial charge on any atom is 0.271 e. The molecule has 2 atom stereocenters. The van der Waals surface area contributed by atoms with Crippen LogP contribution in [0.3, 0.4) is 0 Å². The minimum Gasteiger partial charge on any atom is -0.351 e. The standard InChI is InChI=1S/C25H20FN5O2S/c1-16-14-18(10-11-20(16)26)30-24(23(28-25(30)34)21-8-2-3-12-27-21)22-9-5-13-29(22)17-6-4-7-19(15-17)31(32)33/h2-15,23-24H,1H3,(H,28,34). The molecule has 1 aliphatic heterocycles. The molecule has 2 aromatic carbocycles. The molecule has 0 bridgehead atoms. The van der Waals surface area contributed by atoms with Gasteiger partial charge in [-0.15, -0.1) is 0 Å². The number of non-ortho nitro benzene ring substituents is 1. The van der Waals surface area contributed by atoms with Crippen LogP contribution in [0.4, 0.5) is 15.8 Å². The topological polar surface area (TPSA) is 76.2 Å². The number of aromatic nitrogens is 2. The summed E-state index contributed by atoms with van der Waals surface area (Å²) >= 11 is 5.74. The van der Waals surface area contributed by atoms with E-state index in [4.69, 9.17) is 12.2 Å². The molecule has 0 amide bonds. The van der Waals surface area contributed by atoms with Gasteiger partial charge in [-0.2, -0.15) is 0 Å². The van der Waals surface area contributed by atoms with Crippen molar-refractivity contribution in [1.29, 1.82) is 0 Å². The van der Waals surface area contributed by atoms with Gasteiger partial charge in [-0.3, -0.25) is 15.1 Å². The van der Waals surface area contributed by atoms with Gasteiger partial charge in [0.1, 0.15) is 11.9 Å². The van der Waals surface area contributed by atoms with Gasteiger partial charge in [-0.1, -0.05) is 12.1 Å². The summed E-state index contributed by atoms with van der Waals surface area (Å²) in [4.78, 5) is 17.4. The Morgan fingerprint density at radius 1 is 1.06 bits per heavy atom. The fourth-order valence-electron chi connectivity index (χ4n) is 4.34. The SMILES string of the molecule is Cc1cc(N2C(=S)NC(c3ccccn3)C2c2cccn2-c2cccc([N+](=O)[O-])c2)ccc1F. The lowest BCUT2D eigenvalue weighted by molar-refractivity contribution is -0.384. The lowest BCUT2D eigenvalue weighted by Crippen LogP contribution is -2.30. The number of hydrogen-bond donors (Lipinski definition) is 1. The maximum atomic E-state index is 14.0. The van der Waals surface area contributed by atoms with Crippen molar-refractivity contribution in [3.8, 4) is 5.69 Å². The van der Waals surface area contributed by atoms with Gasteiger partial charge in [0.05, 0.1) is 22.3 Å². The number of nitro groups is 1. The van der Waals surface area contributed by atoms with Gasteiger partial charge in [0.2, 0.25) is 0 Å². The summed E-state index contributed by atoms with van der Waals surface area (Å²) < 4.78 is 16.0. The van der Waals surface area contributed by atoms with Crippen molar-refractivity contribution in [1.82, 2.24) is 14.9 Å². The Morgan fingerprint density at radius 2 is 1.91 bits per heavy atom. The maximum absolute atomic E-state index is 14.0. The molecule has 3 heterocycles. The van der Waals surface area contributed by atoms with Crippen molar-refractivity contribution in [3.63, 3.8) is 0 Å². The number of rotatable bonds is 5. The summed E-state index contributed by atoms with van der Waals surface area (Å²) in [6, 6.07) is 20.2. The first-order chi connectivity index (χ1) is 16.4. The van der Waals surface area contributed by atoms with E-state index >= 15 is 0 Å². The van der Waals surface area contributed by atoms with Crippen LogP contribution in [0.25, 0.3) is 5.69 Å². The number of hydrogen-bond acceptors (Lipinski definition) is 4. The molecule has 1 saturated heterocycles. The van der Waals surface area contributed by atoms with Gasteiger partial charge in [0, 0.05) is 35.9 Å². The highest BCUT2D eigenvalue weighted by Gasteiger charge is 2.42. The molecular weight excluding hydrogens is 453 g/mol. The Morgan fingerprint density at radius 3 is 2.65 bits per heavy atom. The third kappa shape index (κ3) is 3.80. The molecule has 5 rings (SSSR count). The highest BCUT2D eigenvalue weighted by molar-refractivity contribution is 7.80. The molecule has 9 heteroatoms. The van der Waals surface area contributed by atoms with Crippen molar-refractivity contribution in [2.24, 2.45) is 0 Å². The quantitative estimate of drug-likeness (QED) is 0.237. The zero-order valence-electron chi connectivity index (χ0n) is 18.1. The van der Waals surface area contributed by atoms with Crippen LogP contribution < -0.4 is 10.2 Å². The molecule has 0 radical (unpaired) electrons. The fraction of sp³-hybridized carbons (Fsp3) is 0.120. The second kappa shape index (κ2) is 8.68. The van der Waals surface area contributed by atoms with Gasteiger partial charge >= 0.3 is 0 Å². The number of benzene rings is 2. The summed E-state index contributed by atoms with van der Waals surface area (Å²) in [6.45, 7) is 1.71. The molecule has 0 saturated carbocycles. The van der Waals surface area contributed by atoms with E-state index in [0.717, 1.165) is 17.1 Å². The number of nitrogens with zero attached hydrogens (tertiary/aromatic N) is 4. The number of nitro benzene ring substituents is 1. The van der Waals surface area contributed by atoms with Crippen LogP contribution in [0.5, 0.6) is 0 Å². The highest BCUT2D eigenvalue weighted by Crippen LogP contribution is 2.42. The first kappa shape index (κ1) is 21.7. The minimum absolute atomic E-state index is 0.00418. The number of halogens is 1. The van der Waals surface area contributed by atoms with Gasteiger partial charge in [-0.05, 0) is 73.2 Å². The van der Waals surface area contributed by atoms with Crippen LogP contribution in [0, 0.1) is 22.9 Å². The lowest BCUT2D eigenvalue weighted by atomic mass is 10.0. The predicted molar refractivity (Wildman–Crippen MR) is 131 cm³/mol. The third-order valence-corrected chi connectivity index (χ3v) is 6.23. The molecule has 1 fully saturated rings. The van der Waals surface area contributed by atoms with E-state index < -0.39 is 4.92 Å². The van der Waals surface area contributed by atoms with Crippen LogP contribution in [0.15, 0.2) is 85.2 Å². The van der Waals surface area contributed by atoms with E-state index in [1.807, 2.05) is 52.1 Å². The van der Waals surface area contributed by atoms with Crippen LogP contribution in [-0.4, -0.2) is 19.6 Å². The second-order valence-corrected chi connectivity index (χ2v) is 8.40. The van der Waals surface area contributed by atoms with E-state index in [9.17, 15) is 14.5 Å². The number of pyridine rings is 1. The van der Waals surface area contributed by atoms with Crippen molar-refractivity contribution < 1.29 is 9.31 Å². The van der Waals surface area contributed by atoms with Crippen LogP contribution in [0.1, 0.15) is 29.0 Å². The molecule has 34 heavy (non-hydrogen) atoms. The smallest absolute Gasteiger partial charge is 0.271 e. The molecule has 1 aliphatic rings. The summed E-state index contributed by atoms with van der Waals surface area (Å²) in [5.41, 5.74) is 3.56. The van der Waals surface area contributed by atoms with Crippen LogP contribution in [-0.2, 0) is 0 Å². The number of aryl methyl sites for hydroxylation is 1. The average molecular weight is 474 g/mol. The molecule has 0 spiro atoms. The Bertz CT molecular complexity index is 1390. The molecular formula is C25H20FN5O2S. The Balaban J connectivity index is 1.67. The Hall–Kier alpha value is -4.11. The van der Waals surface area contributed by atoms with Crippen molar-refractivity contribution in [3.05, 3.63) is 118 Å². The Kier molecular flexibility index (Phi) is 5.54. The molecule has 2 aromatic heterocycles. The van der Waals surface area contributed by atoms with E-state index in [-0.39, 0.29) is 23.6 Å². The Labute approximate surface area is 200 Å². The van der Waals surface area contributed by atoms with E-state index in [1.54, 1.807) is 31.3 Å².